The Balaban J connectivity index is 4.01. The van der Waals surface area contributed by atoms with E-state index in [0.717, 1.165) is 0 Å². The Bertz CT molecular complexity index is 190. The fourth-order valence-electron chi connectivity index (χ4n) is 0.544. The van der Waals surface area contributed by atoms with Crippen LogP contribution in [0, 0.1) is 12.3 Å². The Morgan fingerprint density at radius 1 is 1.42 bits per heavy atom. The smallest absolute Gasteiger partial charge is 0.248 e. The topological polar surface area (TPSA) is 18.5 Å². The molecule has 0 heterocycles. The van der Waals surface area contributed by atoms with Gasteiger partial charge in [0.15, 0.2) is 0 Å². The SMILES string of the molecule is C#CCSP(=S)(OCC)OCC. The first kappa shape index (κ1) is 12.5. The molecule has 0 rings (SSSR count). The van der Waals surface area contributed by atoms with E-state index in [0.29, 0.717) is 19.0 Å². The Morgan fingerprint density at radius 3 is 2.25 bits per heavy atom. The molecule has 0 radical (unpaired) electrons. The summed E-state index contributed by atoms with van der Waals surface area (Å²) in [4.78, 5) is 0. The van der Waals surface area contributed by atoms with E-state index in [1.165, 1.54) is 11.4 Å². The highest BCUT2D eigenvalue weighted by Gasteiger charge is 2.17. The minimum Gasteiger partial charge on any atom is -0.322 e. The Hall–Kier alpha value is 0.480. The van der Waals surface area contributed by atoms with Gasteiger partial charge in [0.1, 0.15) is 0 Å². The van der Waals surface area contributed by atoms with Crippen LogP contribution in [0.25, 0.3) is 0 Å². The van der Waals surface area contributed by atoms with Gasteiger partial charge in [-0.25, -0.2) is 0 Å². The van der Waals surface area contributed by atoms with Crippen molar-refractivity contribution in [1.29, 1.82) is 0 Å². The van der Waals surface area contributed by atoms with E-state index in [-0.39, 0.29) is 0 Å². The van der Waals surface area contributed by atoms with E-state index < -0.39 is 5.69 Å². The van der Waals surface area contributed by atoms with Gasteiger partial charge in [0, 0.05) is 0 Å². The number of rotatable bonds is 6. The average Bonchev–Trinajstić information content (AvgIpc) is 2.02. The van der Waals surface area contributed by atoms with Crippen LogP contribution < -0.4 is 0 Å². The number of hydrogen-bond acceptors (Lipinski definition) is 4. The highest BCUT2D eigenvalue weighted by molar-refractivity contribution is 8.68. The molecular weight excluding hydrogens is 211 g/mol. The second-order valence-electron chi connectivity index (χ2n) is 1.76. The summed E-state index contributed by atoms with van der Waals surface area (Å²) in [6, 6.07) is 0. The minimum atomic E-state index is -2.13. The van der Waals surface area contributed by atoms with Crippen molar-refractivity contribution in [3.63, 3.8) is 0 Å². The standard InChI is InChI=1S/C7H13O2PS2/c1-4-7-12-10(11,8-5-2)9-6-3/h1H,5-7H2,2-3H3. The van der Waals surface area contributed by atoms with Crippen LogP contribution in [-0.4, -0.2) is 19.0 Å². The van der Waals surface area contributed by atoms with E-state index in [1.807, 2.05) is 13.8 Å². The highest BCUT2D eigenvalue weighted by Crippen LogP contribution is 2.60. The molecule has 0 unspecified atom stereocenters. The van der Waals surface area contributed by atoms with E-state index in [1.54, 1.807) is 0 Å². The molecular formula is C7H13O2PS2. The molecule has 5 heteroatoms. The van der Waals surface area contributed by atoms with Crippen LogP contribution in [-0.2, 0) is 20.9 Å². The van der Waals surface area contributed by atoms with Crippen molar-refractivity contribution in [3.05, 3.63) is 0 Å². The summed E-state index contributed by atoms with van der Waals surface area (Å²) in [6.07, 6.45) is 5.12. The second-order valence-corrected chi connectivity index (χ2v) is 8.07. The predicted molar refractivity (Wildman–Crippen MR) is 58.8 cm³/mol. The van der Waals surface area contributed by atoms with Gasteiger partial charge in [-0.1, -0.05) is 17.3 Å². The summed E-state index contributed by atoms with van der Waals surface area (Å²) in [5.41, 5.74) is -2.13. The van der Waals surface area contributed by atoms with Crippen LogP contribution in [0.1, 0.15) is 13.8 Å². The first-order valence-electron chi connectivity index (χ1n) is 3.65. The zero-order valence-electron chi connectivity index (χ0n) is 7.28. The van der Waals surface area contributed by atoms with Crippen LogP contribution in [0.4, 0.5) is 0 Å². The maximum absolute atomic E-state index is 5.34. The molecule has 0 fully saturated rings. The van der Waals surface area contributed by atoms with Crippen LogP contribution >= 0.6 is 17.1 Å². The third-order valence-electron chi connectivity index (χ3n) is 0.880. The number of terminal acetylenes is 1. The summed E-state index contributed by atoms with van der Waals surface area (Å²) in [6.45, 7) is 4.96. The van der Waals surface area contributed by atoms with Gasteiger partial charge in [0.2, 0.25) is 5.69 Å². The fourth-order valence-corrected chi connectivity index (χ4v) is 4.52. The lowest BCUT2D eigenvalue weighted by atomic mass is 10.8. The maximum atomic E-state index is 5.34. The molecule has 0 amide bonds. The molecule has 0 N–H and O–H groups in total. The minimum absolute atomic E-state index is 0.553. The maximum Gasteiger partial charge on any atom is 0.248 e. The van der Waals surface area contributed by atoms with Gasteiger partial charge < -0.3 is 9.05 Å². The Kier molecular flexibility index (Phi) is 7.22. The predicted octanol–water partition coefficient (Wildman–Crippen LogP) is 2.65. The molecule has 0 aliphatic heterocycles. The molecule has 0 bridgehead atoms. The van der Waals surface area contributed by atoms with Crippen molar-refractivity contribution in [2.24, 2.45) is 0 Å². The van der Waals surface area contributed by atoms with Gasteiger partial charge in [0.25, 0.3) is 0 Å². The van der Waals surface area contributed by atoms with E-state index in [4.69, 9.17) is 27.3 Å². The molecule has 0 saturated heterocycles. The average molecular weight is 224 g/mol. The number of hydrogen-bond donors (Lipinski definition) is 0. The van der Waals surface area contributed by atoms with Crippen molar-refractivity contribution in [3.8, 4) is 12.3 Å². The van der Waals surface area contributed by atoms with Gasteiger partial charge >= 0.3 is 0 Å². The molecule has 0 aromatic carbocycles. The van der Waals surface area contributed by atoms with E-state index >= 15 is 0 Å². The summed E-state index contributed by atoms with van der Waals surface area (Å²) in [5.74, 6) is 3.06. The molecule has 0 spiro atoms. The van der Waals surface area contributed by atoms with Crippen LogP contribution in [0.3, 0.4) is 0 Å². The third kappa shape index (κ3) is 5.18. The summed E-state index contributed by atoms with van der Waals surface area (Å²) < 4.78 is 10.7. The third-order valence-corrected chi connectivity index (χ3v) is 6.19. The van der Waals surface area contributed by atoms with Crippen molar-refractivity contribution < 1.29 is 9.05 Å². The van der Waals surface area contributed by atoms with Crippen LogP contribution in [0.2, 0.25) is 0 Å². The summed E-state index contributed by atoms with van der Waals surface area (Å²) in [7, 11) is 0. The monoisotopic (exact) mass is 224 g/mol. The fraction of sp³-hybridized carbons (Fsp3) is 0.714. The van der Waals surface area contributed by atoms with Gasteiger partial charge in [-0.15, -0.1) is 6.42 Å². The van der Waals surface area contributed by atoms with Gasteiger partial charge in [-0.3, -0.25) is 0 Å². The summed E-state index contributed by atoms with van der Waals surface area (Å²) in [5, 5.41) is 0. The molecule has 0 saturated carbocycles. The molecule has 0 aliphatic rings. The van der Waals surface area contributed by atoms with Crippen molar-refractivity contribution in [1.82, 2.24) is 0 Å². The first-order chi connectivity index (χ1) is 5.68. The molecule has 2 nitrogen and oxygen atoms in total. The zero-order chi connectivity index (χ0) is 9.45. The first-order valence-corrected chi connectivity index (χ1v) is 7.88. The van der Waals surface area contributed by atoms with Gasteiger partial charge in [-0.2, -0.15) is 0 Å². The Morgan fingerprint density at radius 2 is 1.92 bits per heavy atom. The zero-order valence-corrected chi connectivity index (χ0v) is 9.81. The van der Waals surface area contributed by atoms with Crippen molar-refractivity contribution >= 4 is 28.9 Å². The largest absolute Gasteiger partial charge is 0.322 e. The van der Waals surface area contributed by atoms with E-state index in [2.05, 4.69) is 5.92 Å². The lowest BCUT2D eigenvalue weighted by Crippen LogP contribution is -1.92. The van der Waals surface area contributed by atoms with Gasteiger partial charge in [0.05, 0.1) is 19.0 Å². The lowest BCUT2D eigenvalue weighted by Gasteiger charge is -2.18. The molecule has 12 heavy (non-hydrogen) atoms. The molecule has 0 atom stereocenters. The highest BCUT2D eigenvalue weighted by atomic mass is 32.9. The molecule has 0 aromatic heterocycles. The van der Waals surface area contributed by atoms with Crippen molar-refractivity contribution in [2.45, 2.75) is 13.8 Å². The molecule has 0 aliphatic carbocycles. The van der Waals surface area contributed by atoms with Crippen molar-refractivity contribution in [2.75, 3.05) is 19.0 Å². The molecule has 70 valence electrons. The normalized spacial score (nSPS) is 11.1. The summed E-state index contributed by atoms with van der Waals surface area (Å²) >= 11 is 6.62. The Labute approximate surface area is 83.3 Å². The van der Waals surface area contributed by atoms with Gasteiger partial charge in [-0.05, 0) is 25.7 Å². The lowest BCUT2D eigenvalue weighted by molar-refractivity contribution is 0.280. The van der Waals surface area contributed by atoms with Crippen LogP contribution in [0.5, 0.6) is 0 Å². The quantitative estimate of drug-likeness (QED) is 0.510. The van der Waals surface area contributed by atoms with E-state index in [9.17, 15) is 0 Å². The molecule has 0 aromatic rings. The van der Waals surface area contributed by atoms with Crippen LogP contribution in [0.15, 0.2) is 0 Å². The second kappa shape index (κ2) is 6.94.